The summed E-state index contributed by atoms with van der Waals surface area (Å²) in [6, 6.07) is 9.14. The van der Waals surface area contributed by atoms with Gasteiger partial charge in [0.2, 0.25) is 0 Å². The van der Waals surface area contributed by atoms with Crippen molar-refractivity contribution in [3.63, 3.8) is 0 Å². The maximum Gasteiger partial charge on any atom is 0.253 e. The highest BCUT2D eigenvalue weighted by Gasteiger charge is 2.35. The van der Waals surface area contributed by atoms with Crippen LogP contribution in [0.25, 0.3) is 0 Å². The molecule has 114 valence electrons. The highest BCUT2D eigenvalue weighted by Crippen LogP contribution is 2.29. The monoisotopic (exact) mass is 287 g/mol. The van der Waals surface area contributed by atoms with Crippen LogP contribution in [0.15, 0.2) is 24.3 Å². The van der Waals surface area contributed by atoms with Crippen molar-refractivity contribution in [2.24, 2.45) is 0 Å². The smallest absolute Gasteiger partial charge is 0.253 e. The minimum absolute atomic E-state index is 0.0564. The van der Waals surface area contributed by atoms with E-state index >= 15 is 0 Å². The van der Waals surface area contributed by atoms with Crippen molar-refractivity contribution in [1.29, 1.82) is 0 Å². The van der Waals surface area contributed by atoms with Crippen LogP contribution in [0.5, 0.6) is 0 Å². The normalized spacial score (nSPS) is 25.4. The Bertz CT molecular complexity index is 497. The molecule has 1 N–H and O–H groups in total. The van der Waals surface area contributed by atoms with Gasteiger partial charge in [0.05, 0.1) is 0 Å². The van der Waals surface area contributed by atoms with E-state index in [2.05, 4.69) is 10.2 Å². The third-order valence-corrected chi connectivity index (χ3v) is 4.75. The molecule has 1 aromatic rings. The zero-order valence-corrected chi connectivity index (χ0v) is 13.0. The van der Waals surface area contributed by atoms with E-state index in [0.717, 1.165) is 11.3 Å². The Hall–Kier alpha value is -1.55. The minimum Gasteiger partial charge on any atom is -0.381 e. The summed E-state index contributed by atoms with van der Waals surface area (Å²) in [5.41, 5.74) is 1.87. The number of carbonyl (C=O) groups is 1. The highest BCUT2D eigenvalue weighted by molar-refractivity contribution is 5.94. The first kappa shape index (κ1) is 14.4. The average molecular weight is 287 g/mol. The standard InChI is InChI=1S/C17H25N3O/c1-19(2)17(21)13-6-8-14(9-7-13)18-15-10-12-20-11-4-3-5-16(15)20/h6-9,15-16,18H,3-5,10-12H2,1-2H3. The predicted molar refractivity (Wildman–Crippen MR) is 85.7 cm³/mol. The molecule has 2 atom stereocenters. The minimum atomic E-state index is 0.0564. The second-order valence-electron chi connectivity index (χ2n) is 6.42. The van der Waals surface area contributed by atoms with Crippen LogP contribution in [-0.2, 0) is 0 Å². The van der Waals surface area contributed by atoms with Gasteiger partial charge in [-0.25, -0.2) is 0 Å². The number of rotatable bonds is 3. The molecule has 2 fully saturated rings. The number of hydrogen-bond donors (Lipinski definition) is 1. The number of benzene rings is 1. The summed E-state index contributed by atoms with van der Waals surface area (Å²) >= 11 is 0. The van der Waals surface area contributed by atoms with E-state index in [1.165, 1.54) is 38.8 Å². The Kier molecular flexibility index (Phi) is 4.15. The molecule has 4 nitrogen and oxygen atoms in total. The van der Waals surface area contributed by atoms with Crippen molar-refractivity contribution in [3.8, 4) is 0 Å². The van der Waals surface area contributed by atoms with Crippen molar-refractivity contribution in [3.05, 3.63) is 29.8 Å². The first-order chi connectivity index (χ1) is 10.1. The lowest BCUT2D eigenvalue weighted by molar-refractivity contribution is 0.0827. The van der Waals surface area contributed by atoms with Gasteiger partial charge in [0.1, 0.15) is 0 Å². The number of nitrogens with one attached hydrogen (secondary N) is 1. The van der Waals surface area contributed by atoms with Crippen LogP contribution in [0.3, 0.4) is 0 Å². The summed E-state index contributed by atoms with van der Waals surface area (Å²) in [7, 11) is 3.56. The molecule has 1 aromatic carbocycles. The second kappa shape index (κ2) is 6.06. The Morgan fingerprint density at radius 3 is 2.62 bits per heavy atom. The third kappa shape index (κ3) is 3.05. The van der Waals surface area contributed by atoms with E-state index in [1.54, 1.807) is 19.0 Å². The van der Waals surface area contributed by atoms with E-state index in [0.29, 0.717) is 12.1 Å². The van der Waals surface area contributed by atoms with Crippen molar-refractivity contribution in [2.45, 2.75) is 37.8 Å². The van der Waals surface area contributed by atoms with Crippen molar-refractivity contribution >= 4 is 11.6 Å². The summed E-state index contributed by atoms with van der Waals surface area (Å²) in [6.07, 6.45) is 5.25. The van der Waals surface area contributed by atoms with Gasteiger partial charge >= 0.3 is 0 Å². The fourth-order valence-corrected chi connectivity index (χ4v) is 3.60. The molecular weight excluding hydrogens is 262 g/mol. The summed E-state index contributed by atoms with van der Waals surface area (Å²) in [6.45, 7) is 2.48. The third-order valence-electron chi connectivity index (χ3n) is 4.75. The van der Waals surface area contributed by atoms with Crippen LogP contribution < -0.4 is 5.32 Å². The number of nitrogens with zero attached hydrogens (tertiary/aromatic N) is 2. The molecular formula is C17H25N3O. The van der Waals surface area contributed by atoms with Crippen molar-refractivity contribution < 1.29 is 4.79 Å². The molecule has 0 saturated carbocycles. The van der Waals surface area contributed by atoms with Gasteiger partial charge in [-0.1, -0.05) is 6.42 Å². The Morgan fingerprint density at radius 1 is 1.14 bits per heavy atom. The average Bonchev–Trinajstić information content (AvgIpc) is 2.91. The summed E-state index contributed by atoms with van der Waals surface area (Å²) in [5.74, 6) is 0.0564. The van der Waals surface area contributed by atoms with Gasteiger partial charge < -0.3 is 10.2 Å². The molecule has 3 rings (SSSR count). The van der Waals surface area contributed by atoms with Gasteiger partial charge in [-0.3, -0.25) is 9.69 Å². The molecule has 0 aliphatic carbocycles. The number of amides is 1. The van der Waals surface area contributed by atoms with Gasteiger partial charge in [-0.2, -0.15) is 0 Å². The molecule has 0 aromatic heterocycles. The lowest BCUT2D eigenvalue weighted by Gasteiger charge is -2.33. The number of hydrogen-bond acceptors (Lipinski definition) is 3. The molecule has 0 radical (unpaired) electrons. The SMILES string of the molecule is CN(C)C(=O)c1ccc(NC2CCN3CCCCC23)cc1. The predicted octanol–water partition coefficient (Wildman–Crippen LogP) is 2.43. The maximum atomic E-state index is 11.9. The van der Waals surface area contributed by atoms with E-state index in [9.17, 15) is 4.79 Å². The Labute approximate surface area is 127 Å². The van der Waals surface area contributed by atoms with Crippen LogP contribution in [0.4, 0.5) is 5.69 Å². The maximum absolute atomic E-state index is 11.9. The molecule has 2 saturated heterocycles. The molecule has 2 aliphatic rings. The van der Waals surface area contributed by atoms with Crippen LogP contribution >= 0.6 is 0 Å². The lowest BCUT2D eigenvalue weighted by Crippen LogP contribution is -2.41. The molecule has 2 aliphatic heterocycles. The van der Waals surface area contributed by atoms with Crippen molar-refractivity contribution in [2.75, 3.05) is 32.5 Å². The Balaban J connectivity index is 1.64. The summed E-state index contributed by atoms with van der Waals surface area (Å²) in [4.78, 5) is 16.1. The van der Waals surface area contributed by atoms with Gasteiger partial charge in [0.25, 0.3) is 5.91 Å². The van der Waals surface area contributed by atoms with Gasteiger partial charge in [0.15, 0.2) is 0 Å². The summed E-state index contributed by atoms with van der Waals surface area (Å²) in [5, 5.41) is 3.67. The highest BCUT2D eigenvalue weighted by atomic mass is 16.2. The topological polar surface area (TPSA) is 35.6 Å². The second-order valence-corrected chi connectivity index (χ2v) is 6.42. The number of anilines is 1. The number of carbonyl (C=O) groups excluding carboxylic acids is 1. The molecule has 2 heterocycles. The first-order valence-corrected chi connectivity index (χ1v) is 7.97. The zero-order chi connectivity index (χ0) is 14.8. The zero-order valence-electron chi connectivity index (χ0n) is 13.0. The molecule has 2 unspecified atom stereocenters. The molecule has 4 heteroatoms. The van der Waals surface area contributed by atoms with E-state index in [1.807, 2.05) is 24.3 Å². The van der Waals surface area contributed by atoms with Crippen LogP contribution in [-0.4, -0.2) is 55.0 Å². The fourth-order valence-electron chi connectivity index (χ4n) is 3.60. The number of fused-ring (bicyclic) bond motifs is 1. The van der Waals surface area contributed by atoms with Crippen molar-refractivity contribution in [1.82, 2.24) is 9.80 Å². The summed E-state index contributed by atoms with van der Waals surface area (Å²) < 4.78 is 0. The molecule has 1 amide bonds. The molecule has 21 heavy (non-hydrogen) atoms. The fraction of sp³-hybridized carbons (Fsp3) is 0.588. The Morgan fingerprint density at radius 2 is 1.90 bits per heavy atom. The van der Waals surface area contributed by atoms with Gasteiger partial charge in [-0.15, -0.1) is 0 Å². The van der Waals surface area contributed by atoms with E-state index in [-0.39, 0.29) is 5.91 Å². The number of piperidine rings is 1. The van der Waals surface area contributed by atoms with Gasteiger partial charge in [0, 0.05) is 44.0 Å². The van der Waals surface area contributed by atoms with E-state index < -0.39 is 0 Å². The quantitative estimate of drug-likeness (QED) is 0.927. The van der Waals surface area contributed by atoms with Crippen LogP contribution in [0.1, 0.15) is 36.0 Å². The molecule has 0 spiro atoms. The van der Waals surface area contributed by atoms with Crippen LogP contribution in [0.2, 0.25) is 0 Å². The lowest BCUT2D eigenvalue weighted by atomic mass is 9.99. The molecule has 0 bridgehead atoms. The first-order valence-electron chi connectivity index (χ1n) is 7.97. The largest absolute Gasteiger partial charge is 0.381 e. The van der Waals surface area contributed by atoms with Crippen LogP contribution in [0, 0.1) is 0 Å². The van der Waals surface area contributed by atoms with Gasteiger partial charge in [-0.05, 0) is 50.1 Å². The van der Waals surface area contributed by atoms with E-state index in [4.69, 9.17) is 0 Å².